The van der Waals surface area contributed by atoms with Gasteiger partial charge in [-0.1, -0.05) is 30.3 Å². The molecular formula is C29H33N3O3. The number of nitrogens with zero attached hydrogens (tertiary/aromatic N) is 3. The quantitative estimate of drug-likeness (QED) is 0.461. The standard InChI is InChI=1S/C29H33N3O3/c1-31-17-14-20(10-13-26(31)33)24-11-12-25-27(28(24)35-23-8-3-2-4-9-23)30-29(21-15-18-34-19-16-21)32(25)22-6-5-7-22/h2-4,8-13,20-22H,5-7,14-19H2,1H3. The van der Waals surface area contributed by atoms with Crippen molar-refractivity contribution in [2.45, 2.75) is 56.4 Å². The van der Waals surface area contributed by atoms with Crippen molar-refractivity contribution in [1.82, 2.24) is 14.5 Å². The molecule has 1 saturated heterocycles. The molecule has 3 heterocycles. The van der Waals surface area contributed by atoms with Gasteiger partial charge in [-0.05, 0) is 62.8 Å². The van der Waals surface area contributed by atoms with E-state index >= 15 is 0 Å². The van der Waals surface area contributed by atoms with Crippen LogP contribution in [0.2, 0.25) is 0 Å². The highest BCUT2D eigenvalue weighted by atomic mass is 16.5. The fourth-order valence-electron chi connectivity index (χ4n) is 5.57. The first kappa shape index (κ1) is 22.4. The van der Waals surface area contributed by atoms with E-state index in [9.17, 15) is 4.79 Å². The summed E-state index contributed by atoms with van der Waals surface area (Å²) in [4.78, 5) is 19.4. The molecule has 6 nitrogen and oxygen atoms in total. The molecule has 0 N–H and O–H groups in total. The van der Waals surface area contributed by atoms with Gasteiger partial charge in [0.05, 0.1) is 5.52 Å². The van der Waals surface area contributed by atoms with Gasteiger partial charge in [-0.15, -0.1) is 0 Å². The number of fused-ring (bicyclic) bond motifs is 1. The molecule has 182 valence electrons. The largest absolute Gasteiger partial charge is 0.455 e. The van der Waals surface area contributed by atoms with Gasteiger partial charge in [-0.3, -0.25) is 4.79 Å². The number of carbonyl (C=O) groups is 1. The third-order valence-corrected chi connectivity index (χ3v) is 7.89. The van der Waals surface area contributed by atoms with Crippen LogP contribution in [0.4, 0.5) is 0 Å². The molecule has 1 aliphatic carbocycles. The fourth-order valence-corrected chi connectivity index (χ4v) is 5.57. The van der Waals surface area contributed by atoms with Crippen LogP contribution in [0.15, 0.2) is 54.6 Å². The number of hydrogen-bond acceptors (Lipinski definition) is 4. The number of imidazole rings is 1. The van der Waals surface area contributed by atoms with Crippen LogP contribution in [0.1, 0.15) is 67.8 Å². The lowest BCUT2D eigenvalue weighted by Crippen LogP contribution is -2.24. The van der Waals surface area contributed by atoms with Crippen molar-refractivity contribution in [2.24, 2.45) is 0 Å². The van der Waals surface area contributed by atoms with E-state index in [1.165, 1.54) is 25.1 Å². The number of para-hydroxylation sites is 1. The minimum absolute atomic E-state index is 0.0511. The Morgan fingerprint density at radius 1 is 1.00 bits per heavy atom. The van der Waals surface area contributed by atoms with Crippen molar-refractivity contribution in [1.29, 1.82) is 0 Å². The first-order valence-electron chi connectivity index (χ1n) is 13.0. The highest BCUT2D eigenvalue weighted by molar-refractivity contribution is 5.88. The minimum atomic E-state index is 0.0511. The van der Waals surface area contributed by atoms with Gasteiger partial charge in [0.25, 0.3) is 0 Å². The van der Waals surface area contributed by atoms with Crippen molar-refractivity contribution in [3.05, 3.63) is 66.0 Å². The van der Waals surface area contributed by atoms with Gasteiger partial charge >= 0.3 is 0 Å². The van der Waals surface area contributed by atoms with E-state index in [-0.39, 0.29) is 11.8 Å². The summed E-state index contributed by atoms with van der Waals surface area (Å²) in [5.41, 5.74) is 3.20. The maximum atomic E-state index is 12.3. The highest BCUT2D eigenvalue weighted by Crippen LogP contribution is 2.44. The third kappa shape index (κ3) is 4.25. The van der Waals surface area contributed by atoms with E-state index in [0.717, 1.165) is 60.6 Å². The zero-order valence-corrected chi connectivity index (χ0v) is 20.4. The van der Waals surface area contributed by atoms with Gasteiger partial charge in [0.2, 0.25) is 5.91 Å². The number of ether oxygens (including phenoxy) is 2. The zero-order valence-electron chi connectivity index (χ0n) is 20.4. The lowest BCUT2D eigenvalue weighted by atomic mass is 9.90. The number of benzene rings is 2. The summed E-state index contributed by atoms with van der Waals surface area (Å²) in [6.07, 6.45) is 10.3. The minimum Gasteiger partial charge on any atom is -0.455 e. The summed E-state index contributed by atoms with van der Waals surface area (Å²) in [6.45, 7) is 2.31. The Balaban J connectivity index is 1.51. The molecule has 0 radical (unpaired) electrons. The molecule has 35 heavy (non-hydrogen) atoms. The van der Waals surface area contributed by atoms with Gasteiger partial charge in [-0.2, -0.15) is 0 Å². The smallest absolute Gasteiger partial charge is 0.245 e. The van der Waals surface area contributed by atoms with Crippen LogP contribution in [0, 0.1) is 0 Å². The SMILES string of the molecule is CN1CCC(c2ccc3c(nc(C4CCOCC4)n3C3CCC3)c2Oc2ccccc2)C=CC1=O. The van der Waals surface area contributed by atoms with E-state index in [0.29, 0.717) is 18.5 Å². The van der Waals surface area contributed by atoms with Crippen LogP contribution >= 0.6 is 0 Å². The molecule has 6 rings (SSSR count). The average Bonchev–Trinajstić information content (AvgIpc) is 3.15. The van der Waals surface area contributed by atoms with Gasteiger partial charge < -0.3 is 18.9 Å². The molecule has 3 aromatic rings. The van der Waals surface area contributed by atoms with Crippen LogP contribution < -0.4 is 4.74 Å². The Kier molecular flexibility index (Phi) is 6.06. The van der Waals surface area contributed by atoms with Crippen LogP contribution in [-0.2, 0) is 9.53 Å². The molecule has 1 aromatic heterocycles. The van der Waals surface area contributed by atoms with Crippen LogP contribution in [0.3, 0.4) is 0 Å². The maximum absolute atomic E-state index is 12.3. The lowest BCUT2D eigenvalue weighted by Gasteiger charge is -2.32. The first-order chi connectivity index (χ1) is 17.2. The molecule has 3 aliphatic rings. The molecule has 0 spiro atoms. The Hall–Kier alpha value is -3.12. The van der Waals surface area contributed by atoms with Gasteiger partial charge in [0.15, 0.2) is 5.75 Å². The first-order valence-corrected chi connectivity index (χ1v) is 13.0. The van der Waals surface area contributed by atoms with Gasteiger partial charge in [-0.25, -0.2) is 4.98 Å². The summed E-state index contributed by atoms with van der Waals surface area (Å²) in [5.74, 6) is 3.37. The third-order valence-electron chi connectivity index (χ3n) is 7.89. The summed E-state index contributed by atoms with van der Waals surface area (Å²) in [6, 6.07) is 14.9. The molecular weight excluding hydrogens is 438 g/mol. The van der Waals surface area contributed by atoms with Gasteiger partial charge in [0, 0.05) is 50.2 Å². The molecule has 2 fully saturated rings. The van der Waals surface area contributed by atoms with E-state index in [2.05, 4.69) is 16.7 Å². The predicted molar refractivity (Wildman–Crippen MR) is 136 cm³/mol. The maximum Gasteiger partial charge on any atom is 0.245 e. The Morgan fingerprint density at radius 3 is 2.54 bits per heavy atom. The molecule has 2 aromatic carbocycles. The van der Waals surface area contributed by atoms with Crippen molar-refractivity contribution >= 4 is 16.9 Å². The topological polar surface area (TPSA) is 56.6 Å². The number of allylic oxidation sites excluding steroid dienone is 1. The van der Waals surface area contributed by atoms with Crippen molar-refractivity contribution in [3.63, 3.8) is 0 Å². The molecule has 1 saturated carbocycles. The normalized spacial score (nSPS) is 21.8. The number of likely N-dealkylation sites (N-methyl/N-ethyl adjacent to an activating group) is 1. The van der Waals surface area contributed by atoms with E-state index in [4.69, 9.17) is 14.5 Å². The molecule has 1 amide bonds. The molecule has 1 atom stereocenters. The van der Waals surface area contributed by atoms with Crippen LogP contribution in [0.5, 0.6) is 11.5 Å². The lowest BCUT2D eigenvalue weighted by molar-refractivity contribution is -0.124. The number of rotatable bonds is 5. The number of amides is 1. The molecule has 6 heteroatoms. The Labute approximate surface area is 206 Å². The zero-order chi connectivity index (χ0) is 23.8. The molecule has 1 unspecified atom stereocenters. The van der Waals surface area contributed by atoms with Crippen LogP contribution in [0.25, 0.3) is 11.0 Å². The van der Waals surface area contributed by atoms with Crippen molar-refractivity contribution in [2.75, 3.05) is 26.8 Å². The Bertz CT molecular complexity index is 1240. The second kappa shape index (κ2) is 9.50. The van der Waals surface area contributed by atoms with E-state index in [1.807, 2.05) is 43.5 Å². The van der Waals surface area contributed by atoms with Gasteiger partial charge in [0.1, 0.15) is 17.1 Å². The molecule has 0 bridgehead atoms. The summed E-state index contributed by atoms with van der Waals surface area (Å²) >= 11 is 0. The second-order valence-electron chi connectivity index (χ2n) is 10.1. The Morgan fingerprint density at radius 2 is 1.80 bits per heavy atom. The summed E-state index contributed by atoms with van der Waals surface area (Å²) < 4.78 is 14.8. The summed E-state index contributed by atoms with van der Waals surface area (Å²) in [7, 11) is 1.86. The fraction of sp³-hybridized carbons (Fsp3) is 0.448. The van der Waals surface area contributed by atoms with Crippen LogP contribution in [-0.4, -0.2) is 47.2 Å². The van der Waals surface area contributed by atoms with E-state index in [1.54, 1.807) is 11.0 Å². The van der Waals surface area contributed by atoms with Crippen molar-refractivity contribution in [3.8, 4) is 11.5 Å². The monoisotopic (exact) mass is 471 g/mol. The number of carbonyl (C=O) groups excluding carboxylic acids is 1. The second-order valence-corrected chi connectivity index (χ2v) is 10.1. The average molecular weight is 472 g/mol. The van der Waals surface area contributed by atoms with Crippen molar-refractivity contribution < 1.29 is 14.3 Å². The molecule has 2 aliphatic heterocycles. The number of hydrogen-bond donors (Lipinski definition) is 0. The summed E-state index contributed by atoms with van der Waals surface area (Å²) in [5, 5.41) is 0. The number of aromatic nitrogens is 2. The highest BCUT2D eigenvalue weighted by Gasteiger charge is 2.32. The van der Waals surface area contributed by atoms with E-state index < -0.39 is 0 Å². The predicted octanol–water partition coefficient (Wildman–Crippen LogP) is 5.95.